The molecule has 2 aromatic carbocycles. The van der Waals surface area contributed by atoms with Crippen molar-refractivity contribution in [3.8, 4) is 22.8 Å². The third-order valence-electron chi connectivity index (χ3n) is 6.31. The molecule has 0 aliphatic carbocycles. The first-order chi connectivity index (χ1) is 16.5. The van der Waals surface area contributed by atoms with Crippen molar-refractivity contribution in [1.29, 1.82) is 0 Å². The molecule has 34 heavy (non-hydrogen) atoms. The van der Waals surface area contributed by atoms with Gasteiger partial charge in [0.25, 0.3) is 0 Å². The molecule has 0 radical (unpaired) electrons. The van der Waals surface area contributed by atoms with Gasteiger partial charge in [-0.1, -0.05) is 43.3 Å². The number of hydrogen-bond acceptors (Lipinski definition) is 5. The lowest BCUT2D eigenvalue weighted by Crippen LogP contribution is -2.50. The van der Waals surface area contributed by atoms with Crippen molar-refractivity contribution >= 4 is 17.4 Å². The van der Waals surface area contributed by atoms with Crippen LogP contribution in [0, 0.1) is 6.92 Å². The minimum Gasteiger partial charge on any atom is -0.496 e. The first-order valence-electron chi connectivity index (χ1n) is 11.6. The second kappa shape index (κ2) is 10.5. The minimum atomic E-state index is -0.135. The molecule has 2 heterocycles. The van der Waals surface area contributed by atoms with E-state index >= 15 is 0 Å². The van der Waals surface area contributed by atoms with Gasteiger partial charge >= 0.3 is 6.03 Å². The molecular weight excluding hydrogens is 428 g/mol. The number of ether oxygens (including phenoxy) is 2. The number of anilines is 2. The van der Waals surface area contributed by atoms with Gasteiger partial charge in [-0.25, -0.2) is 9.78 Å². The molecular formula is C27H32N4O3. The van der Waals surface area contributed by atoms with E-state index in [1.54, 1.807) is 14.2 Å². The van der Waals surface area contributed by atoms with E-state index in [0.29, 0.717) is 24.7 Å². The van der Waals surface area contributed by atoms with Gasteiger partial charge in [-0.3, -0.25) is 0 Å². The first kappa shape index (κ1) is 23.4. The van der Waals surface area contributed by atoms with Crippen LogP contribution >= 0.6 is 0 Å². The Labute approximate surface area is 201 Å². The number of nitrogens with zero attached hydrogens (tertiary/aromatic N) is 3. The Bertz CT molecular complexity index is 1160. The Morgan fingerprint density at radius 1 is 0.971 bits per heavy atom. The van der Waals surface area contributed by atoms with Crippen molar-refractivity contribution in [2.45, 2.75) is 20.3 Å². The molecule has 4 rings (SSSR count). The number of benzene rings is 2. The Morgan fingerprint density at radius 3 is 2.32 bits per heavy atom. The zero-order chi connectivity index (χ0) is 24.1. The molecule has 1 aromatic heterocycles. The van der Waals surface area contributed by atoms with E-state index in [4.69, 9.17) is 9.47 Å². The summed E-state index contributed by atoms with van der Waals surface area (Å²) in [6.07, 6.45) is 0.843. The topological polar surface area (TPSA) is 66.9 Å². The average molecular weight is 461 g/mol. The van der Waals surface area contributed by atoms with E-state index in [9.17, 15) is 4.79 Å². The number of carbonyl (C=O) groups excluding carboxylic acids is 1. The van der Waals surface area contributed by atoms with E-state index in [-0.39, 0.29) is 6.03 Å². The van der Waals surface area contributed by atoms with Crippen LogP contribution in [0.5, 0.6) is 11.6 Å². The van der Waals surface area contributed by atoms with E-state index in [1.165, 1.54) is 0 Å². The average Bonchev–Trinajstić information content (AvgIpc) is 2.89. The van der Waals surface area contributed by atoms with Crippen LogP contribution in [0.3, 0.4) is 0 Å². The molecule has 0 bridgehead atoms. The van der Waals surface area contributed by atoms with Crippen LogP contribution in [-0.4, -0.2) is 56.3 Å². The fourth-order valence-electron chi connectivity index (χ4n) is 4.42. The van der Waals surface area contributed by atoms with Crippen LogP contribution in [-0.2, 0) is 6.42 Å². The second-order valence-electron chi connectivity index (χ2n) is 8.26. The number of aromatic nitrogens is 1. The highest BCUT2D eigenvalue weighted by Crippen LogP contribution is 2.37. The SMILES string of the molecule is CCc1cc(NC(=O)N2CCN(c3ccccc3-c3ccccc3OC)CC2)c(OC)nc1C. The minimum absolute atomic E-state index is 0.135. The fourth-order valence-corrected chi connectivity index (χ4v) is 4.42. The third kappa shape index (κ3) is 4.78. The van der Waals surface area contributed by atoms with Crippen LogP contribution in [0.4, 0.5) is 16.2 Å². The molecule has 0 unspecified atom stereocenters. The standard InChI is InChI=1S/C27H32N4O3/c1-5-20-18-23(26(34-4)28-19(20)2)29-27(32)31-16-14-30(15-17-31)24-12-8-6-10-21(24)22-11-7-9-13-25(22)33-3/h6-13,18H,5,14-17H2,1-4H3,(H,29,32). The largest absolute Gasteiger partial charge is 0.496 e. The van der Waals surface area contributed by atoms with E-state index < -0.39 is 0 Å². The van der Waals surface area contributed by atoms with Crippen molar-refractivity contribution in [2.75, 3.05) is 50.6 Å². The zero-order valence-electron chi connectivity index (χ0n) is 20.3. The molecule has 3 aromatic rings. The maximum Gasteiger partial charge on any atom is 0.322 e. The van der Waals surface area contributed by atoms with Gasteiger partial charge in [-0.15, -0.1) is 0 Å². The number of pyridine rings is 1. The van der Waals surface area contributed by atoms with E-state index in [1.807, 2.05) is 42.2 Å². The fraction of sp³-hybridized carbons (Fsp3) is 0.333. The zero-order valence-corrected chi connectivity index (χ0v) is 20.3. The number of amides is 2. The number of urea groups is 1. The van der Waals surface area contributed by atoms with Gasteiger partial charge in [-0.2, -0.15) is 0 Å². The maximum absolute atomic E-state index is 13.0. The molecule has 0 atom stereocenters. The predicted molar refractivity (Wildman–Crippen MR) is 136 cm³/mol. The molecule has 1 aliphatic rings. The van der Waals surface area contributed by atoms with Gasteiger partial charge in [0.2, 0.25) is 5.88 Å². The summed E-state index contributed by atoms with van der Waals surface area (Å²) in [5, 5.41) is 3.00. The van der Waals surface area contributed by atoms with Crippen LogP contribution < -0.4 is 19.7 Å². The smallest absolute Gasteiger partial charge is 0.322 e. The lowest BCUT2D eigenvalue weighted by Gasteiger charge is -2.37. The Hall–Kier alpha value is -3.74. The predicted octanol–water partition coefficient (Wildman–Crippen LogP) is 4.99. The summed E-state index contributed by atoms with van der Waals surface area (Å²) >= 11 is 0. The Morgan fingerprint density at radius 2 is 1.65 bits per heavy atom. The monoisotopic (exact) mass is 460 g/mol. The van der Waals surface area contributed by atoms with Gasteiger partial charge in [0, 0.05) is 48.7 Å². The number of rotatable bonds is 6. The number of para-hydroxylation sites is 2. The Balaban J connectivity index is 1.47. The molecule has 1 fully saturated rings. The highest BCUT2D eigenvalue weighted by atomic mass is 16.5. The molecule has 0 saturated carbocycles. The summed E-state index contributed by atoms with van der Waals surface area (Å²) in [5.41, 5.74) is 5.95. The van der Waals surface area contributed by atoms with Crippen molar-refractivity contribution in [1.82, 2.24) is 9.88 Å². The van der Waals surface area contributed by atoms with Gasteiger partial charge in [0.05, 0.1) is 14.2 Å². The maximum atomic E-state index is 13.0. The Kier molecular flexibility index (Phi) is 7.21. The van der Waals surface area contributed by atoms with E-state index in [2.05, 4.69) is 46.4 Å². The summed E-state index contributed by atoms with van der Waals surface area (Å²) in [6, 6.07) is 18.2. The first-order valence-corrected chi connectivity index (χ1v) is 11.6. The quantitative estimate of drug-likeness (QED) is 0.561. The molecule has 1 N–H and O–H groups in total. The molecule has 7 heteroatoms. The molecule has 1 aliphatic heterocycles. The summed E-state index contributed by atoms with van der Waals surface area (Å²) in [6.45, 7) is 6.74. The number of hydrogen-bond donors (Lipinski definition) is 1. The van der Waals surface area contributed by atoms with Crippen LogP contribution in [0.25, 0.3) is 11.1 Å². The van der Waals surface area contributed by atoms with Crippen molar-refractivity contribution in [3.05, 3.63) is 65.9 Å². The van der Waals surface area contributed by atoms with Crippen molar-refractivity contribution < 1.29 is 14.3 Å². The molecule has 0 spiro atoms. The highest BCUT2D eigenvalue weighted by molar-refractivity contribution is 5.91. The summed E-state index contributed by atoms with van der Waals surface area (Å²) < 4.78 is 11.0. The van der Waals surface area contributed by atoms with Crippen LogP contribution in [0.2, 0.25) is 0 Å². The summed E-state index contributed by atoms with van der Waals surface area (Å²) in [5.74, 6) is 1.28. The van der Waals surface area contributed by atoms with Crippen molar-refractivity contribution in [2.24, 2.45) is 0 Å². The molecule has 7 nitrogen and oxygen atoms in total. The van der Waals surface area contributed by atoms with Gasteiger partial charge in [0.15, 0.2) is 0 Å². The lowest BCUT2D eigenvalue weighted by atomic mass is 10.0. The summed E-state index contributed by atoms with van der Waals surface area (Å²) in [4.78, 5) is 21.7. The summed E-state index contributed by atoms with van der Waals surface area (Å²) in [7, 11) is 3.27. The normalized spacial score (nSPS) is 13.5. The lowest BCUT2D eigenvalue weighted by molar-refractivity contribution is 0.208. The van der Waals surface area contributed by atoms with Crippen LogP contribution in [0.15, 0.2) is 54.6 Å². The highest BCUT2D eigenvalue weighted by Gasteiger charge is 2.24. The van der Waals surface area contributed by atoms with E-state index in [0.717, 1.165) is 53.3 Å². The second-order valence-corrected chi connectivity index (χ2v) is 8.26. The number of aryl methyl sites for hydroxylation is 2. The number of nitrogens with one attached hydrogen (secondary N) is 1. The number of carbonyl (C=O) groups is 1. The number of methoxy groups -OCH3 is 2. The van der Waals surface area contributed by atoms with Crippen molar-refractivity contribution in [3.63, 3.8) is 0 Å². The third-order valence-corrected chi connectivity index (χ3v) is 6.31. The van der Waals surface area contributed by atoms with Gasteiger partial charge in [0.1, 0.15) is 11.4 Å². The number of piperazine rings is 1. The van der Waals surface area contributed by atoms with Gasteiger partial charge in [-0.05, 0) is 37.1 Å². The van der Waals surface area contributed by atoms with Crippen LogP contribution in [0.1, 0.15) is 18.2 Å². The van der Waals surface area contributed by atoms with Gasteiger partial charge < -0.3 is 24.6 Å². The molecule has 1 saturated heterocycles. The molecule has 178 valence electrons. The molecule has 2 amide bonds.